The van der Waals surface area contributed by atoms with Crippen LogP contribution in [0, 0.1) is 37.3 Å². The number of aryl methyl sites for hydroxylation is 1. The zero-order valence-electron chi connectivity index (χ0n) is 37.0. The van der Waals surface area contributed by atoms with Gasteiger partial charge in [-0.3, -0.25) is 4.57 Å². The van der Waals surface area contributed by atoms with Crippen LogP contribution in [0.4, 0.5) is 23.1 Å². The second-order valence-corrected chi connectivity index (χ2v) is 12.6. The normalized spacial score (nSPS) is 9.64. The minimum Gasteiger partial charge on any atom is -0.496 e. The van der Waals surface area contributed by atoms with E-state index in [1.165, 1.54) is 86.1 Å². The molecular formula is C41H53N11O17. The Hall–Kier alpha value is -9.50. The molecule has 0 fully saturated rings. The minimum atomic E-state index is -0.819. The highest BCUT2D eigenvalue weighted by atomic mass is 16.7. The number of ether oxygens (including phenoxy) is 8. The molecule has 0 aliphatic carbocycles. The number of methoxy groups -OCH3 is 8. The Morgan fingerprint density at radius 3 is 1.36 bits per heavy atom. The molecule has 3 aromatic carbocycles. The maximum absolute atomic E-state index is 11.9. The Labute approximate surface area is 394 Å². The number of nitrogens with two attached hydrogens (primary N) is 2. The molecular weight excluding hydrogens is 919 g/mol. The molecule has 6 rings (SSSR count). The number of nitrogens with zero attached hydrogens (tertiary/aromatic N) is 9. The molecule has 0 saturated carbocycles. The van der Waals surface area contributed by atoms with E-state index in [4.69, 9.17) is 44.6 Å². The molecule has 0 saturated heterocycles. The fourth-order valence-electron chi connectivity index (χ4n) is 5.56. The van der Waals surface area contributed by atoms with Gasteiger partial charge in [0, 0.05) is 24.9 Å². The summed E-state index contributed by atoms with van der Waals surface area (Å²) in [6.45, 7) is 1.86. The van der Waals surface area contributed by atoms with Crippen LogP contribution in [0.3, 0.4) is 0 Å². The van der Waals surface area contributed by atoms with E-state index < -0.39 is 38.6 Å². The van der Waals surface area contributed by atoms with Crippen LogP contribution >= 0.6 is 0 Å². The van der Waals surface area contributed by atoms with E-state index >= 15 is 0 Å². The fourth-order valence-corrected chi connectivity index (χ4v) is 5.56. The van der Waals surface area contributed by atoms with Crippen LogP contribution in [0.2, 0.25) is 0 Å². The lowest BCUT2D eigenvalue weighted by Crippen LogP contribution is -2.07. The molecule has 0 amide bonds. The van der Waals surface area contributed by atoms with Crippen molar-refractivity contribution in [3.63, 3.8) is 0 Å². The van der Waals surface area contributed by atoms with Gasteiger partial charge < -0.3 is 74.2 Å². The van der Waals surface area contributed by atoms with Crippen LogP contribution in [0.25, 0.3) is 11.4 Å². The van der Waals surface area contributed by atoms with Crippen LogP contribution in [0.15, 0.2) is 74.0 Å². The van der Waals surface area contributed by atoms with Gasteiger partial charge in [0.15, 0.2) is 34.2 Å². The second kappa shape index (κ2) is 26.5. The summed E-state index contributed by atoms with van der Waals surface area (Å²) < 4.78 is 43.3. The molecule has 3 heterocycles. The van der Waals surface area contributed by atoms with Crippen molar-refractivity contribution in [1.82, 2.24) is 28.8 Å². The smallest absolute Gasteiger partial charge is 0.388 e. The Balaban J connectivity index is 0.000000918. The summed E-state index contributed by atoms with van der Waals surface area (Å²) >= 11 is 0. The third-order valence-electron chi connectivity index (χ3n) is 8.53. The SMILES string of the molecule is C.C.COC(=O)c1cc(-n2cnc(N)c2)cc(C)c1OC.COC(=O)c1cc(-n2cnc([N+](=O)[O-])c2)cc(OC)c1OC.COC(=O)c1cc(N)cc(OC)c1OC.O=[N+]([O-])c1cn([N+](=O)[O-])cn1.[HH]. The first kappa shape index (κ1) is 57.5. The largest absolute Gasteiger partial charge is 0.496 e. The van der Waals surface area contributed by atoms with Crippen LogP contribution in [-0.2, 0) is 14.2 Å². The topological polar surface area (TPSA) is 360 Å². The molecule has 0 aliphatic rings. The predicted octanol–water partition coefficient (Wildman–Crippen LogP) is 5.56. The quantitative estimate of drug-likeness (QED) is 0.0470. The van der Waals surface area contributed by atoms with Gasteiger partial charge >= 0.3 is 29.5 Å². The summed E-state index contributed by atoms with van der Waals surface area (Å²) in [5.41, 5.74) is 14.4. The second-order valence-electron chi connectivity index (χ2n) is 12.6. The fraction of sp³-hybridized carbons (Fsp3) is 0.268. The molecule has 374 valence electrons. The zero-order chi connectivity index (χ0) is 50.1. The van der Waals surface area contributed by atoms with Crippen LogP contribution in [0.1, 0.15) is 52.9 Å². The standard InChI is InChI=1S/C13H13N3O6.C13H15N3O3.C10H13NO4.C3H2N4O4.2CH4.H2/c1-20-10-5-8(15-6-11(14-7-15)16(18)19)4-9(12(10)21-2)13(17)22-3;1-8-4-9(16-6-11(14)15-7-16)5-10(12(8)18-2)13(17)19-3;1-13-8-5-6(11)4-7(9(8)14-2)10(12)15-3;8-6(9)3-1-5(2-4-3)7(10)11;;;/h4-7H,1-3H3;4-7H,14H2,1-3H3;4-5H,11H2,1-3H3;1-2H;2*1H4;1H. The molecule has 4 N–H and O–H groups in total. The third-order valence-corrected chi connectivity index (χ3v) is 8.53. The van der Waals surface area contributed by atoms with Crippen molar-refractivity contribution < 1.29 is 68.6 Å². The summed E-state index contributed by atoms with van der Waals surface area (Å²) in [4.78, 5) is 75.0. The van der Waals surface area contributed by atoms with Gasteiger partial charge in [0.05, 0.1) is 68.8 Å². The average molecular weight is 972 g/mol. The lowest BCUT2D eigenvalue weighted by molar-refractivity contribution is -0.542. The first-order valence-corrected chi connectivity index (χ1v) is 18.4. The molecule has 0 spiro atoms. The van der Waals surface area contributed by atoms with Crippen LogP contribution in [-0.4, -0.2) is 118 Å². The third kappa shape index (κ3) is 14.5. The number of benzene rings is 3. The molecule has 0 bridgehead atoms. The molecule has 0 atom stereocenters. The maximum Gasteiger partial charge on any atom is 0.388 e. The zero-order valence-corrected chi connectivity index (χ0v) is 37.0. The summed E-state index contributed by atoms with van der Waals surface area (Å²) in [5.74, 6) is -0.298. The van der Waals surface area contributed by atoms with Crippen molar-refractivity contribution >= 4 is 41.0 Å². The summed E-state index contributed by atoms with van der Waals surface area (Å²) in [6.07, 6.45) is 7.22. The van der Waals surface area contributed by atoms with Gasteiger partial charge in [-0.05, 0) is 61.2 Å². The first-order chi connectivity index (χ1) is 31.8. The molecule has 69 heavy (non-hydrogen) atoms. The predicted molar refractivity (Wildman–Crippen MR) is 247 cm³/mol. The van der Waals surface area contributed by atoms with Gasteiger partial charge in [-0.2, -0.15) is 0 Å². The summed E-state index contributed by atoms with van der Waals surface area (Å²) in [5, 5.41) is 29.8. The highest BCUT2D eigenvalue weighted by Crippen LogP contribution is 2.36. The van der Waals surface area contributed by atoms with Gasteiger partial charge in [0.25, 0.3) is 6.33 Å². The van der Waals surface area contributed by atoms with Gasteiger partial charge in [-0.25, -0.2) is 29.5 Å². The number of carbonyl (C=O) groups is 3. The molecule has 0 unspecified atom stereocenters. The number of hydrogen-bond donors (Lipinski definition) is 2. The van der Waals surface area contributed by atoms with Gasteiger partial charge in [0.1, 0.15) is 40.8 Å². The minimum absolute atomic E-state index is 0. The number of aromatic nitrogens is 6. The molecule has 0 radical (unpaired) electrons. The molecule has 28 nitrogen and oxygen atoms in total. The lowest BCUT2D eigenvalue weighted by Gasteiger charge is -2.13. The van der Waals surface area contributed by atoms with E-state index in [1.807, 2.05) is 13.0 Å². The number of nitro groups is 3. The van der Waals surface area contributed by atoms with Crippen molar-refractivity contribution in [3.05, 3.63) is 127 Å². The lowest BCUT2D eigenvalue weighted by atomic mass is 10.1. The van der Waals surface area contributed by atoms with E-state index in [9.17, 15) is 44.7 Å². The molecule has 3 aromatic heterocycles. The van der Waals surface area contributed by atoms with E-state index in [-0.39, 0.29) is 44.7 Å². The maximum atomic E-state index is 11.9. The van der Waals surface area contributed by atoms with Gasteiger partial charge in [-0.15, -0.1) is 0 Å². The van der Waals surface area contributed by atoms with Gasteiger partial charge in [0.2, 0.25) is 6.33 Å². The number of carbonyl (C=O) groups excluding carboxylic acids is 3. The summed E-state index contributed by atoms with van der Waals surface area (Å²) in [7, 11) is 11.1. The summed E-state index contributed by atoms with van der Waals surface area (Å²) in [6, 6.07) is 9.65. The Kier molecular flexibility index (Phi) is 22.1. The molecule has 28 heteroatoms. The van der Waals surface area contributed by atoms with Gasteiger partial charge in [-0.1, -0.05) is 14.9 Å². The highest BCUT2D eigenvalue weighted by molar-refractivity contribution is 5.95. The van der Waals surface area contributed by atoms with E-state index in [1.54, 1.807) is 35.3 Å². The number of imidazole rings is 3. The Morgan fingerprint density at radius 2 is 0.971 bits per heavy atom. The Bertz CT molecular complexity index is 2730. The number of nitrogen functional groups attached to an aromatic ring is 2. The van der Waals surface area contributed by atoms with Crippen LogP contribution < -0.4 is 35.2 Å². The van der Waals surface area contributed by atoms with Crippen molar-refractivity contribution in [3.8, 4) is 40.1 Å². The van der Waals surface area contributed by atoms with Crippen molar-refractivity contribution in [2.45, 2.75) is 21.8 Å². The monoisotopic (exact) mass is 971 g/mol. The highest BCUT2D eigenvalue weighted by Gasteiger charge is 2.22. The van der Waals surface area contributed by atoms with Crippen molar-refractivity contribution in [2.75, 3.05) is 68.3 Å². The Morgan fingerprint density at radius 1 is 0.551 bits per heavy atom. The number of anilines is 2. The van der Waals surface area contributed by atoms with Crippen molar-refractivity contribution in [1.29, 1.82) is 0 Å². The number of rotatable bonds is 13. The van der Waals surface area contributed by atoms with E-state index in [0.29, 0.717) is 44.7 Å². The number of hydrogen-bond acceptors (Lipinski definition) is 22. The first-order valence-electron chi connectivity index (χ1n) is 18.4. The van der Waals surface area contributed by atoms with Crippen LogP contribution in [0.5, 0.6) is 28.7 Å². The average Bonchev–Trinajstić information content (AvgIpc) is 4.13. The van der Waals surface area contributed by atoms with E-state index in [0.717, 1.165) is 23.8 Å². The molecule has 0 aliphatic heterocycles. The molecule has 6 aromatic rings. The number of esters is 3. The van der Waals surface area contributed by atoms with Crippen molar-refractivity contribution in [2.24, 2.45) is 0 Å². The van der Waals surface area contributed by atoms with E-state index in [2.05, 4.69) is 19.7 Å².